The average molecular weight is 198 g/mol. The summed E-state index contributed by atoms with van der Waals surface area (Å²) < 4.78 is 11.0. The van der Waals surface area contributed by atoms with E-state index in [-0.39, 0.29) is 24.4 Å². The Morgan fingerprint density at radius 2 is 2.21 bits per heavy atom. The van der Waals surface area contributed by atoms with Crippen molar-refractivity contribution in [2.75, 3.05) is 6.61 Å². The molecule has 4 heteroatoms. The van der Waals surface area contributed by atoms with Crippen molar-refractivity contribution in [1.29, 1.82) is 0 Å². The Balaban J connectivity index is 2.24. The van der Waals surface area contributed by atoms with E-state index in [0.717, 1.165) is 0 Å². The van der Waals surface area contributed by atoms with Gasteiger partial charge in [-0.3, -0.25) is 4.79 Å². The van der Waals surface area contributed by atoms with Crippen LogP contribution in [0.3, 0.4) is 0 Å². The Bertz CT molecular complexity index is 282. The van der Waals surface area contributed by atoms with Gasteiger partial charge in [0.2, 0.25) is 0 Å². The molecule has 3 atom stereocenters. The molecule has 78 valence electrons. The molecule has 2 rings (SSSR count). The van der Waals surface area contributed by atoms with E-state index >= 15 is 0 Å². The summed E-state index contributed by atoms with van der Waals surface area (Å²) in [5, 5.41) is 9.10. The van der Waals surface area contributed by atoms with Crippen molar-refractivity contribution in [2.24, 2.45) is 5.92 Å². The van der Waals surface area contributed by atoms with Crippen LogP contribution in [0.1, 0.15) is 13.8 Å². The van der Waals surface area contributed by atoms with Crippen molar-refractivity contribution < 1.29 is 19.4 Å². The molecule has 14 heavy (non-hydrogen) atoms. The van der Waals surface area contributed by atoms with E-state index in [0.29, 0.717) is 0 Å². The predicted octanol–water partition coefficient (Wildman–Crippen LogP) is 0.254. The van der Waals surface area contributed by atoms with Gasteiger partial charge in [-0.2, -0.15) is 0 Å². The summed E-state index contributed by atoms with van der Waals surface area (Å²) in [6.07, 6.45) is 2.26. The Kier molecular flexibility index (Phi) is 2.21. The third-order valence-corrected chi connectivity index (χ3v) is 2.55. The van der Waals surface area contributed by atoms with Crippen LogP contribution in [0.25, 0.3) is 0 Å². The van der Waals surface area contributed by atoms with Crippen LogP contribution in [0, 0.1) is 5.92 Å². The molecular weight excluding hydrogens is 184 g/mol. The zero-order valence-electron chi connectivity index (χ0n) is 8.27. The molecule has 0 aromatic carbocycles. The van der Waals surface area contributed by atoms with E-state index in [1.807, 2.05) is 0 Å². The SMILES string of the molecule is CC1(C)O[C@@H]2C(=O)C=CC(CO)[C@@H]2O1. The first-order chi connectivity index (χ1) is 6.53. The average Bonchev–Trinajstić information content (AvgIpc) is 2.42. The second kappa shape index (κ2) is 3.15. The van der Waals surface area contributed by atoms with E-state index in [1.54, 1.807) is 19.9 Å². The monoisotopic (exact) mass is 198 g/mol. The van der Waals surface area contributed by atoms with Crippen LogP contribution < -0.4 is 0 Å². The first kappa shape index (κ1) is 9.83. The third-order valence-electron chi connectivity index (χ3n) is 2.55. The molecule has 0 saturated carbocycles. The number of ketones is 1. The number of aliphatic hydroxyl groups is 1. The number of ether oxygens (including phenoxy) is 2. The van der Waals surface area contributed by atoms with Gasteiger partial charge >= 0.3 is 0 Å². The molecular formula is C10H14O4. The van der Waals surface area contributed by atoms with Gasteiger partial charge < -0.3 is 14.6 Å². The van der Waals surface area contributed by atoms with Crippen molar-refractivity contribution in [3.63, 3.8) is 0 Å². The Morgan fingerprint density at radius 1 is 1.50 bits per heavy atom. The summed E-state index contributed by atoms with van der Waals surface area (Å²) >= 11 is 0. The van der Waals surface area contributed by atoms with Gasteiger partial charge in [0.25, 0.3) is 0 Å². The fourth-order valence-electron chi connectivity index (χ4n) is 1.91. The maximum absolute atomic E-state index is 11.5. The van der Waals surface area contributed by atoms with Gasteiger partial charge in [-0.15, -0.1) is 0 Å². The van der Waals surface area contributed by atoms with Gasteiger partial charge in [0.15, 0.2) is 11.6 Å². The summed E-state index contributed by atoms with van der Waals surface area (Å²) in [6, 6.07) is 0. The molecule has 0 spiro atoms. The molecule has 1 N–H and O–H groups in total. The lowest BCUT2D eigenvalue weighted by Crippen LogP contribution is -2.40. The predicted molar refractivity (Wildman–Crippen MR) is 48.5 cm³/mol. The van der Waals surface area contributed by atoms with Crippen molar-refractivity contribution in [3.8, 4) is 0 Å². The molecule has 0 radical (unpaired) electrons. The number of fused-ring (bicyclic) bond motifs is 1. The summed E-state index contributed by atoms with van der Waals surface area (Å²) in [6.45, 7) is 3.52. The van der Waals surface area contributed by atoms with Crippen molar-refractivity contribution >= 4 is 5.78 Å². The van der Waals surface area contributed by atoms with E-state index in [9.17, 15) is 4.79 Å². The maximum atomic E-state index is 11.5. The Labute approximate surface area is 82.5 Å². The minimum Gasteiger partial charge on any atom is -0.396 e. The quantitative estimate of drug-likeness (QED) is 0.656. The molecule has 0 amide bonds. The molecule has 2 aliphatic rings. The van der Waals surface area contributed by atoms with Gasteiger partial charge in [0, 0.05) is 5.92 Å². The number of aliphatic hydroxyl groups excluding tert-OH is 1. The highest BCUT2D eigenvalue weighted by molar-refractivity contribution is 5.95. The number of rotatable bonds is 1. The van der Waals surface area contributed by atoms with Gasteiger partial charge in [-0.25, -0.2) is 0 Å². The number of carbonyl (C=O) groups excluding carboxylic acids is 1. The van der Waals surface area contributed by atoms with Gasteiger partial charge in [-0.05, 0) is 19.9 Å². The first-order valence-corrected chi connectivity index (χ1v) is 4.72. The van der Waals surface area contributed by atoms with Crippen LogP contribution in [0.4, 0.5) is 0 Å². The minimum absolute atomic E-state index is 0.0234. The standard InChI is InChI=1S/C10H14O4/c1-10(2)13-8-6(5-11)3-4-7(12)9(8)14-10/h3-4,6,8-9,11H,5H2,1-2H3/t6?,8-,9+/m0/s1. The first-order valence-electron chi connectivity index (χ1n) is 4.72. The van der Waals surface area contributed by atoms with Crippen molar-refractivity contribution in [1.82, 2.24) is 0 Å². The second-order valence-electron chi connectivity index (χ2n) is 4.13. The zero-order chi connectivity index (χ0) is 10.3. The van der Waals surface area contributed by atoms with Crippen LogP contribution in [0.15, 0.2) is 12.2 Å². The minimum atomic E-state index is -0.732. The zero-order valence-corrected chi connectivity index (χ0v) is 8.27. The summed E-state index contributed by atoms with van der Waals surface area (Å²) in [5.41, 5.74) is 0. The molecule has 0 aromatic rings. The van der Waals surface area contributed by atoms with E-state index in [1.165, 1.54) is 6.08 Å². The van der Waals surface area contributed by atoms with Gasteiger partial charge in [0.05, 0.1) is 6.61 Å². The molecule has 1 aliphatic carbocycles. The summed E-state index contributed by atoms with van der Waals surface area (Å²) in [4.78, 5) is 11.5. The largest absolute Gasteiger partial charge is 0.396 e. The lowest BCUT2D eigenvalue weighted by Gasteiger charge is -2.24. The molecule has 1 heterocycles. The van der Waals surface area contributed by atoms with E-state index in [2.05, 4.69) is 0 Å². The highest BCUT2D eigenvalue weighted by atomic mass is 16.8. The lowest BCUT2D eigenvalue weighted by molar-refractivity contribution is -0.154. The third kappa shape index (κ3) is 1.49. The molecule has 1 unspecified atom stereocenters. The molecule has 0 aromatic heterocycles. The highest BCUT2D eigenvalue weighted by Crippen LogP contribution is 2.35. The lowest BCUT2D eigenvalue weighted by atomic mass is 9.90. The Morgan fingerprint density at radius 3 is 2.86 bits per heavy atom. The number of carbonyl (C=O) groups is 1. The van der Waals surface area contributed by atoms with Gasteiger partial charge in [0.1, 0.15) is 12.2 Å². The maximum Gasteiger partial charge on any atom is 0.186 e. The Hall–Kier alpha value is -0.710. The van der Waals surface area contributed by atoms with Crippen molar-refractivity contribution in [2.45, 2.75) is 31.8 Å². The van der Waals surface area contributed by atoms with Crippen LogP contribution in [0.5, 0.6) is 0 Å². The number of hydrogen-bond donors (Lipinski definition) is 1. The van der Waals surface area contributed by atoms with Crippen LogP contribution in [0.2, 0.25) is 0 Å². The van der Waals surface area contributed by atoms with Gasteiger partial charge in [-0.1, -0.05) is 6.08 Å². The normalized spacial score (nSPS) is 39.9. The molecule has 0 bridgehead atoms. The summed E-state index contributed by atoms with van der Waals surface area (Å²) in [7, 11) is 0. The van der Waals surface area contributed by atoms with Crippen LogP contribution in [-0.4, -0.2) is 35.5 Å². The molecule has 4 nitrogen and oxygen atoms in total. The van der Waals surface area contributed by atoms with E-state index < -0.39 is 11.9 Å². The highest BCUT2D eigenvalue weighted by Gasteiger charge is 2.48. The molecule has 1 saturated heterocycles. The smallest absolute Gasteiger partial charge is 0.186 e. The molecule has 1 aliphatic heterocycles. The topological polar surface area (TPSA) is 55.8 Å². The number of hydrogen-bond acceptors (Lipinski definition) is 4. The van der Waals surface area contributed by atoms with Crippen LogP contribution in [-0.2, 0) is 14.3 Å². The van der Waals surface area contributed by atoms with Crippen molar-refractivity contribution in [3.05, 3.63) is 12.2 Å². The fourth-order valence-corrected chi connectivity index (χ4v) is 1.91. The second-order valence-corrected chi connectivity index (χ2v) is 4.13. The van der Waals surface area contributed by atoms with E-state index in [4.69, 9.17) is 14.6 Å². The van der Waals surface area contributed by atoms with Crippen LogP contribution >= 0.6 is 0 Å². The molecule has 1 fully saturated rings. The summed E-state index contributed by atoms with van der Waals surface area (Å²) in [5.74, 6) is -0.950. The fraction of sp³-hybridized carbons (Fsp3) is 0.700.